The van der Waals surface area contributed by atoms with E-state index in [9.17, 15) is 9.18 Å². The predicted octanol–water partition coefficient (Wildman–Crippen LogP) is 3.23. The summed E-state index contributed by atoms with van der Waals surface area (Å²) in [6, 6.07) is 12.2. The van der Waals surface area contributed by atoms with Gasteiger partial charge >= 0.3 is 0 Å². The van der Waals surface area contributed by atoms with Crippen LogP contribution in [0.1, 0.15) is 24.0 Å². The zero-order valence-corrected chi connectivity index (χ0v) is 14.5. The van der Waals surface area contributed by atoms with Gasteiger partial charge in [0.25, 0.3) is 0 Å². The fraction of sp³-hybridized carbons (Fsp3) is 0.350. The average Bonchev–Trinajstić information content (AvgIpc) is 3.44. The Kier molecular flexibility index (Phi) is 4.93. The highest BCUT2D eigenvalue weighted by Crippen LogP contribution is 2.50. The van der Waals surface area contributed by atoms with Crippen LogP contribution >= 0.6 is 0 Å². The molecule has 0 heterocycles. The number of methoxy groups -OCH3 is 2. The second kappa shape index (κ2) is 7.13. The molecule has 0 radical (unpaired) electrons. The lowest BCUT2D eigenvalue weighted by atomic mass is 9.94. The number of amides is 1. The lowest BCUT2D eigenvalue weighted by molar-refractivity contribution is -0.123. The molecule has 25 heavy (non-hydrogen) atoms. The normalized spacial score (nSPS) is 14.7. The van der Waals surface area contributed by atoms with Gasteiger partial charge in [-0.1, -0.05) is 24.3 Å². The van der Waals surface area contributed by atoms with Crippen LogP contribution in [-0.2, 0) is 16.6 Å². The molecule has 0 spiro atoms. The first kappa shape index (κ1) is 17.3. The van der Waals surface area contributed by atoms with Crippen molar-refractivity contribution in [3.63, 3.8) is 0 Å². The summed E-state index contributed by atoms with van der Waals surface area (Å²) in [6.45, 7) is 0.412. The first-order chi connectivity index (χ1) is 12.1. The van der Waals surface area contributed by atoms with E-state index in [1.165, 1.54) is 6.07 Å². The van der Waals surface area contributed by atoms with Gasteiger partial charge in [-0.3, -0.25) is 4.79 Å². The number of carbonyl (C=O) groups excluding carboxylic acids is 1. The molecule has 1 fully saturated rings. The van der Waals surface area contributed by atoms with E-state index in [0.29, 0.717) is 30.0 Å². The fourth-order valence-corrected chi connectivity index (χ4v) is 3.09. The number of hydrogen-bond donors (Lipinski definition) is 1. The average molecular weight is 343 g/mol. The van der Waals surface area contributed by atoms with Gasteiger partial charge in [0.1, 0.15) is 5.82 Å². The van der Waals surface area contributed by atoms with Crippen molar-refractivity contribution in [1.29, 1.82) is 0 Å². The number of halogens is 1. The summed E-state index contributed by atoms with van der Waals surface area (Å²) >= 11 is 0. The van der Waals surface area contributed by atoms with Crippen molar-refractivity contribution < 1.29 is 18.7 Å². The number of nitrogens with one attached hydrogen (secondary N) is 1. The van der Waals surface area contributed by atoms with Gasteiger partial charge in [0, 0.05) is 6.54 Å². The smallest absolute Gasteiger partial charge is 0.230 e. The maximum Gasteiger partial charge on any atom is 0.230 e. The van der Waals surface area contributed by atoms with Gasteiger partial charge in [0.2, 0.25) is 5.91 Å². The van der Waals surface area contributed by atoms with Gasteiger partial charge in [0.15, 0.2) is 11.5 Å². The van der Waals surface area contributed by atoms with Gasteiger partial charge in [-0.15, -0.1) is 0 Å². The summed E-state index contributed by atoms with van der Waals surface area (Å²) in [4.78, 5) is 12.7. The topological polar surface area (TPSA) is 47.6 Å². The van der Waals surface area contributed by atoms with E-state index in [0.717, 1.165) is 18.4 Å². The SMILES string of the molecule is COc1ccc(C2(C(=O)NCCc3ccccc3F)CC2)cc1OC. The van der Waals surface area contributed by atoms with Crippen LogP contribution in [0.15, 0.2) is 42.5 Å². The molecule has 2 aromatic rings. The van der Waals surface area contributed by atoms with E-state index >= 15 is 0 Å². The number of benzene rings is 2. The van der Waals surface area contributed by atoms with Gasteiger partial charge in [-0.2, -0.15) is 0 Å². The van der Waals surface area contributed by atoms with Gasteiger partial charge in [-0.25, -0.2) is 4.39 Å². The van der Waals surface area contributed by atoms with Crippen molar-refractivity contribution >= 4 is 5.91 Å². The third-order valence-corrected chi connectivity index (χ3v) is 4.76. The minimum Gasteiger partial charge on any atom is -0.493 e. The molecule has 132 valence electrons. The molecule has 1 saturated carbocycles. The van der Waals surface area contributed by atoms with Crippen molar-refractivity contribution in [2.24, 2.45) is 0 Å². The summed E-state index contributed by atoms with van der Waals surface area (Å²) in [5.41, 5.74) is 1.03. The summed E-state index contributed by atoms with van der Waals surface area (Å²) in [7, 11) is 3.16. The maximum absolute atomic E-state index is 13.6. The summed E-state index contributed by atoms with van der Waals surface area (Å²) in [6.07, 6.45) is 2.07. The van der Waals surface area contributed by atoms with Crippen LogP contribution in [0.3, 0.4) is 0 Å². The summed E-state index contributed by atoms with van der Waals surface area (Å²) in [5.74, 6) is 1.00. The lowest BCUT2D eigenvalue weighted by Gasteiger charge is -2.18. The quantitative estimate of drug-likeness (QED) is 0.840. The molecule has 4 nitrogen and oxygen atoms in total. The monoisotopic (exact) mass is 343 g/mol. The summed E-state index contributed by atoms with van der Waals surface area (Å²) < 4.78 is 24.2. The zero-order valence-electron chi connectivity index (χ0n) is 14.5. The Bertz CT molecular complexity index is 771. The molecule has 3 rings (SSSR count). The molecule has 1 amide bonds. The van der Waals surface area contributed by atoms with Crippen LogP contribution in [0.5, 0.6) is 11.5 Å². The fourth-order valence-electron chi connectivity index (χ4n) is 3.09. The molecule has 0 unspecified atom stereocenters. The second-order valence-corrected chi connectivity index (χ2v) is 6.25. The molecule has 1 aliphatic rings. The van der Waals surface area contributed by atoms with E-state index in [2.05, 4.69) is 5.32 Å². The Morgan fingerprint density at radius 3 is 2.48 bits per heavy atom. The molecule has 0 saturated heterocycles. The van der Waals surface area contributed by atoms with E-state index in [4.69, 9.17) is 9.47 Å². The van der Waals surface area contributed by atoms with Gasteiger partial charge in [0.05, 0.1) is 19.6 Å². The van der Waals surface area contributed by atoms with Crippen LogP contribution in [0, 0.1) is 5.82 Å². The maximum atomic E-state index is 13.6. The van der Waals surface area contributed by atoms with Gasteiger partial charge < -0.3 is 14.8 Å². The van der Waals surface area contributed by atoms with Crippen molar-refractivity contribution in [3.05, 3.63) is 59.4 Å². The molecule has 1 aliphatic carbocycles. The number of carbonyl (C=O) groups is 1. The third kappa shape index (κ3) is 3.45. The van der Waals surface area contributed by atoms with E-state index in [-0.39, 0.29) is 11.7 Å². The minimum absolute atomic E-state index is 0.0175. The van der Waals surface area contributed by atoms with Crippen molar-refractivity contribution in [3.8, 4) is 11.5 Å². The Labute approximate surface area is 147 Å². The number of rotatable bonds is 7. The number of ether oxygens (including phenoxy) is 2. The standard InChI is InChI=1S/C20H22FNO3/c1-24-17-8-7-15(13-18(17)25-2)20(10-11-20)19(23)22-12-9-14-5-3-4-6-16(14)21/h3-8,13H,9-12H2,1-2H3,(H,22,23). The largest absolute Gasteiger partial charge is 0.493 e. The zero-order chi connectivity index (χ0) is 17.9. The highest BCUT2D eigenvalue weighted by Gasteiger charge is 2.51. The van der Waals surface area contributed by atoms with E-state index in [1.54, 1.807) is 32.4 Å². The predicted molar refractivity (Wildman–Crippen MR) is 93.6 cm³/mol. The first-order valence-corrected chi connectivity index (χ1v) is 8.35. The molecule has 0 atom stereocenters. The molecular formula is C20H22FNO3. The van der Waals surface area contributed by atoms with Crippen molar-refractivity contribution in [1.82, 2.24) is 5.32 Å². The molecule has 2 aromatic carbocycles. The van der Waals surface area contributed by atoms with Crippen LogP contribution in [-0.4, -0.2) is 26.7 Å². The van der Waals surface area contributed by atoms with Crippen molar-refractivity contribution in [2.75, 3.05) is 20.8 Å². The molecule has 5 heteroatoms. The van der Waals surface area contributed by atoms with Gasteiger partial charge in [-0.05, 0) is 48.6 Å². The Hall–Kier alpha value is -2.56. The first-order valence-electron chi connectivity index (χ1n) is 8.35. The highest BCUT2D eigenvalue weighted by atomic mass is 19.1. The van der Waals surface area contributed by atoms with Crippen LogP contribution in [0.2, 0.25) is 0 Å². The Balaban J connectivity index is 1.66. The Morgan fingerprint density at radius 2 is 1.84 bits per heavy atom. The number of hydrogen-bond acceptors (Lipinski definition) is 3. The third-order valence-electron chi connectivity index (χ3n) is 4.76. The van der Waals surface area contributed by atoms with Crippen LogP contribution < -0.4 is 14.8 Å². The van der Waals surface area contributed by atoms with E-state index in [1.807, 2.05) is 18.2 Å². The molecular weight excluding hydrogens is 321 g/mol. The molecule has 0 aliphatic heterocycles. The minimum atomic E-state index is -0.505. The van der Waals surface area contributed by atoms with Crippen LogP contribution in [0.25, 0.3) is 0 Å². The van der Waals surface area contributed by atoms with Crippen LogP contribution in [0.4, 0.5) is 4.39 Å². The lowest BCUT2D eigenvalue weighted by Crippen LogP contribution is -2.36. The molecule has 0 aromatic heterocycles. The molecule has 0 bridgehead atoms. The second-order valence-electron chi connectivity index (χ2n) is 6.25. The molecule has 1 N–H and O–H groups in total. The summed E-state index contributed by atoms with van der Waals surface area (Å²) in [5, 5.41) is 2.95. The van der Waals surface area contributed by atoms with E-state index < -0.39 is 5.41 Å². The Morgan fingerprint density at radius 1 is 1.12 bits per heavy atom. The van der Waals surface area contributed by atoms with Crippen molar-refractivity contribution in [2.45, 2.75) is 24.7 Å². The highest BCUT2D eigenvalue weighted by molar-refractivity contribution is 5.91.